The summed E-state index contributed by atoms with van der Waals surface area (Å²) in [5.74, 6) is 0.143. The van der Waals surface area contributed by atoms with Gasteiger partial charge in [-0.25, -0.2) is 4.79 Å². The Bertz CT molecular complexity index is 633. The van der Waals surface area contributed by atoms with E-state index in [1.54, 1.807) is 10.9 Å². The Balaban J connectivity index is 1.72. The molecule has 3 rings (SSSR count). The first-order chi connectivity index (χ1) is 11.8. The van der Waals surface area contributed by atoms with Crippen molar-refractivity contribution in [1.29, 1.82) is 0 Å². The van der Waals surface area contributed by atoms with E-state index >= 15 is 0 Å². The van der Waals surface area contributed by atoms with Crippen LogP contribution < -0.4 is 0 Å². The van der Waals surface area contributed by atoms with Crippen LogP contribution in [0.5, 0.6) is 0 Å². The van der Waals surface area contributed by atoms with Gasteiger partial charge in [0.1, 0.15) is 5.60 Å². The second-order valence-electron chi connectivity index (χ2n) is 8.24. The summed E-state index contributed by atoms with van der Waals surface area (Å²) < 4.78 is 7.38. The van der Waals surface area contributed by atoms with Gasteiger partial charge in [0.25, 0.3) is 0 Å². The molecule has 138 valence electrons. The number of hydrogen-bond acceptors (Lipinski definition) is 4. The Kier molecular flexibility index (Phi) is 4.89. The lowest BCUT2D eigenvalue weighted by atomic mass is 9.76. The van der Waals surface area contributed by atoms with E-state index in [9.17, 15) is 9.59 Å². The number of ketones is 1. The van der Waals surface area contributed by atoms with Crippen LogP contribution in [0.15, 0.2) is 12.4 Å². The van der Waals surface area contributed by atoms with Gasteiger partial charge in [0.15, 0.2) is 5.78 Å². The number of carbonyl (C=O) groups is 2. The highest BCUT2D eigenvalue weighted by atomic mass is 16.6. The zero-order valence-electron chi connectivity index (χ0n) is 15.7. The molecule has 1 aromatic heterocycles. The fourth-order valence-corrected chi connectivity index (χ4v) is 4.11. The molecular weight excluding hydrogens is 318 g/mol. The summed E-state index contributed by atoms with van der Waals surface area (Å²) in [4.78, 5) is 27.4. The third kappa shape index (κ3) is 3.88. The Morgan fingerprint density at radius 3 is 2.40 bits per heavy atom. The molecule has 6 heteroatoms. The molecule has 2 bridgehead atoms. The van der Waals surface area contributed by atoms with Crippen molar-refractivity contribution in [2.45, 2.75) is 84.0 Å². The third-order valence-electron chi connectivity index (χ3n) is 5.19. The van der Waals surface area contributed by atoms with Gasteiger partial charge in [0.05, 0.1) is 11.8 Å². The number of aromatic nitrogens is 2. The van der Waals surface area contributed by atoms with Gasteiger partial charge < -0.3 is 9.64 Å². The first kappa shape index (κ1) is 18.0. The van der Waals surface area contributed by atoms with Crippen LogP contribution in [-0.2, 0) is 11.3 Å². The Hall–Kier alpha value is -1.85. The van der Waals surface area contributed by atoms with Crippen molar-refractivity contribution in [2.24, 2.45) is 5.92 Å². The van der Waals surface area contributed by atoms with E-state index in [-0.39, 0.29) is 29.9 Å². The number of carbonyl (C=O) groups excluding carboxylic acids is 2. The number of hydrogen-bond donors (Lipinski definition) is 0. The molecule has 2 aliphatic rings. The molecule has 25 heavy (non-hydrogen) atoms. The fraction of sp³-hybridized carbons (Fsp3) is 0.737. The van der Waals surface area contributed by atoms with Crippen molar-refractivity contribution < 1.29 is 14.3 Å². The Labute approximate surface area is 149 Å². The van der Waals surface area contributed by atoms with Gasteiger partial charge in [-0.05, 0) is 59.8 Å². The quantitative estimate of drug-likeness (QED) is 0.783. The molecule has 1 aromatic rings. The predicted molar refractivity (Wildman–Crippen MR) is 94.5 cm³/mol. The van der Waals surface area contributed by atoms with Crippen LogP contribution >= 0.6 is 0 Å². The number of fused-ring (bicyclic) bond motifs is 2. The zero-order chi connectivity index (χ0) is 18.2. The monoisotopic (exact) mass is 347 g/mol. The summed E-state index contributed by atoms with van der Waals surface area (Å²) >= 11 is 0. The van der Waals surface area contributed by atoms with Gasteiger partial charge in [0, 0.05) is 30.7 Å². The molecule has 3 heterocycles. The molecular formula is C19H29N3O3. The molecule has 2 saturated heterocycles. The number of amides is 1. The first-order valence-corrected chi connectivity index (χ1v) is 9.36. The van der Waals surface area contributed by atoms with Crippen LogP contribution in [0.3, 0.4) is 0 Å². The van der Waals surface area contributed by atoms with Crippen molar-refractivity contribution in [2.75, 3.05) is 0 Å². The minimum atomic E-state index is -0.493. The lowest BCUT2D eigenvalue weighted by Crippen LogP contribution is -2.56. The highest BCUT2D eigenvalue weighted by molar-refractivity contribution is 5.97. The fourth-order valence-electron chi connectivity index (χ4n) is 4.11. The molecule has 0 aromatic carbocycles. The second kappa shape index (κ2) is 6.81. The van der Waals surface area contributed by atoms with E-state index in [2.05, 4.69) is 5.10 Å². The molecule has 0 spiro atoms. The van der Waals surface area contributed by atoms with Crippen LogP contribution in [0.1, 0.15) is 70.2 Å². The summed E-state index contributed by atoms with van der Waals surface area (Å²) in [7, 11) is 0. The normalized spacial score (nSPS) is 26.4. The molecule has 0 saturated carbocycles. The molecule has 0 N–H and O–H groups in total. The Morgan fingerprint density at radius 1 is 1.24 bits per heavy atom. The molecule has 2 fully saturated rings. The number of aryl methyl sites for hydroxylation is 1. The van der Waals surface area contributed by atoms with Crippen LogP contribution in [0.4, 0.5) is 4.79 Å². The third-order valence-corrected chi connectivity index (χ3v) is 5.19. The lowest BCUT2D eigenvalue weighted by Gasteiger charge is -2.48. The van der Waals surface area contributed by atoms with Gasteiger partial charge in [-0.2, -0.15) is 5.10 Å². The van der Waals surface area contributed by atoms with E-state index in [0.717, 1.165) is 38.6 Å². The summed E-state index contributed by atoms with van der Waals surface area (Å²) in [5.41, 5.74) is 0.197. The number of Topliss-reactive ketones (excluding diaryl/α,β-unsaturated/α-hetero) is 1. The SMILES string of the molecule is CCn1cc(C(=O)C2CC3CCCC(C2)N3C(=O)OC(C)(C)C)cn1. The largest absolute Gasteiger partial charge is 0.444 e. The molecule has 0 aliphatic carbocycles. The number of rotatable bonds is 3. The van der Waals surface area contributed by atoms with E-state index in [4.69, 9.17) is 4.74 Å². The van der Waals surface area contributed by atoms with Crippen LogP contribution in [0.2, 0.25) is 0 Å². The van der Waals surface area contributed by atoms with E-state index in [1.165, 1.54) is 0 Å². The number of piperidine rings is 2. The minimum Gasteiger partial charge on any atom is -0.444 e. The topological polar surface area (TPSA) is 64.4 Å². The summed E-state index contributed by atoms with van der Waals surface area (Å²) in [6, 6.07) is 0.218. The van der Waals surface area contributed by atoms with Crippen molar-refractivity contribution in [3.63, 3.8) is 0 Å². The highest BCUT2D eigenvalue weighted by Crippen LogP contribution is 2.39. The van der Waals surface area contributed by atoms with Crippen molar-refractivity contribution in [3.8, 4) is 0 Å². The van der Waals surface area contributed by atoms with Crippen LogP contribution in [0, 0.1) is 5.92 Å². The molecule has 1 amide bonds. The zero-order valence-corrected chi connectivity index (χ0v) is 15.7. The average molecular weight is 347 g/mol. The van der Waals surface area contributed by atoms with Crippen LogP contribution in [0.25, 0.3) is 0 Å². The van der Waals surface area contributed by atoms with Crippen molar-refractivity contribution in [1.82, 2.24) is 14.7 Å². The molecule has 0 radical (unpaired) electrons. The maximum Gasteiger partial charge on any atom is 0.410 e. The van der Waals surface area contributed by atoms with Gasteiger partial charge >= 0.3 is 6.09 Å². The molecule has 2 unspecified atom stereocenters. The van der Waals surface area contributed by atoms with E-state index in [1.807, 2.05) is 38.8 Å². The van der Waals surface area contributed by atoms with Gasteiger partial charge in [0.2, 0.25) is 0 Å². The Morgan fingerprint density at radius 2 is 1.88 bits per heavy atom. The van der Waals surface area contributed by atoms with Gasteiger partial charge in [-0.15, -0.1) is 0 Å². The van der Waals surface area contributed by atoms with Crippen LogP contribution in [-0.4, -0.2) is 44.2 Å². The summed E-state index contributed by atoms with van der Waals surface area (Å²) in [5, 5.41) is 4.22. The van der Waals surface area contributed by atoms with Gasteiger partial charge in [-0.1, -0.05) is 0 Å². The average Bonchev–Trinajstić information content (AvgIpc) is 3.00. The second-order valence-corrected chi connectivity index (χ2v) is 8.24. The first-order valence-electron chi connectivity index (χ1n) is 9.36. The summed E-state index contributed by atoms with van der Waals surface area (Å²) in [6.07, 6.45) is 7.75. The van der Waals surface area contributed by atoms with E-state index < -0.39 is 5.60 Å². The smallest absolute Gasteiger partial charge is 0.410 e. The lowest BCUT2D eigenvalue weighted by molar-refractivity contribution is -0.0260. The number of ether oxygens (including phenoxy) is 1. The minimum absolute atomic E-state index is 0.0245. The maximum atomic E-state index is 12.9. The predicted octanol–water partition coefficient (Wildman–Crippen LogP) is 3.65. The molecule has 2 atom stereocenters. The standard InChI is InChI=1S/C19H29N3O3/c1-5-21-12-14(11-20-21)17(23)13-9-15-7-6-8-16(10-13)22(15)18(24)25-19(2,3)4/h11-13,15-16H,5-10H2,1-4H3. The van der Waals surface area contributed by atoms with Gasteiger partial charge in [-0.3, -0.25) is 9.48 Å². The maximum absolute atomic E-state index is 12.9. The van der Waals surface area contributed by atoms with Crippen molar-refractivity contribution >= 4 is 11.9 Å². The van der Waals surface area contributed by atoms with E-state index in [0.29, 0.717) is 5.56 Å². The molecule has 6 nitrogen and oxygen atoms in total. The van der Waals surface area contributed by atoms with Crippen molar-refractivity contribution in [3.05, 3.63) is 18.0 Å². The molecule has 2 aliphatic heterocycles. The summed E-state index contributed by atoms with van der Waals surface area (Å²) in [6.45, 7) is 8.44. The number of nitrogens with zero attached hydrogens (tertiary/aromatic N) is 3. The highest BCUT2D eigenvalue weighted by Gasteiger charge is 2.44.